The van der Waals surface area contributed by atoms with E-state index in [1.807, 2.05) is 34.3 Å². The molecule has 4 fully saturated rings. The maximum atomic E-state index is 16.2. The lowest BCUT2D eigenvalue weighted by atomic mass is 9.96. The van der Waals surface area contributed by atoms with Crippen molar-refractivity contribution < 1.29 is 28.5 Å². The van der Waals surface area contributed by atoms with Gasteiger partial charge in [0.2, 0.25) is 10.9 Å². The van der Waals surface area contributed by atoms with Gasteiger partial charge in [-0.3, -0.25) is 9.59 Å². The lowest BCUT2D eigenvalue weighted by molar-refractivity contribution is 0.413. The summed E-state index contributed by atoms with van der Waals surface area (Å²) in [4.78, 5) is 33.6. The summed E-state index contributed by atoms with van der Waals surface area (Å²) in [5, 5.41) is 24.6. The number of anilines is 2. The molecule has 12 nitrogen and oxygen atoms in total. The van der Waals surface area contributed by atoms with Gasteiger partial charge in [-0.25, -0.2) is 8.78 Å². The number of rotatable bonds is 11. The fourth-order valence-corrected chi connectivity index (χ4v) is 12.3. The Hall–Kier alpha value is -4.90. The number of pyridine rings is 2. The number of halogens is 2. The number of ether oxygens (including phenoxy) is 2. The third-order valence-electron chi connectivity index (χ3n) is 13.6. The standard InChI is InChI=1S/C45H50F2N6O6S2/c1-20(43-40(57)33-39(56)27-16-29(47)36(50-13-11-22(17-50)21(2)48)42(59-4)35(27)53(25-8-9-25)45(33)61-43)5-10-30(49)23-12-14-51(18-23)37-28(46)15-26-34(41(37)58-3)52(24-6-7-24)44-32(38(26)55)31(54)19-60-44/h5,15-16,19,21-25,30,54,57H,6-14,17-18,48-49H2,1-4H3. The lowest BCUT2D eigenvalue weighted by Gasteiger charge is -2.25. The fraction of sp³-hybridized carbons (Fsp3) is 0.467. The topological polar surface area (TPSA) is 161 Å². The summed E-state index contributed by atoms with van der Waals surface area (Å²) in [5.74, 6) is -0.512. The van der Waals surface area contributed by atoms with E-state index >= 15 is 8.78 Å². The minimum atomic E-state index is -0.570. The average molecular weight is 873 g/mol. The first-order chi connectivity index (χ1) is 29.3. The molecule has 0 amide bonds. The van der Waals surface area contributed by atoms with E-state index in [-0.39, 0.29) is 69.0 Å². The number of hydrogen-bond acceptors (Lipinski definition) is 12. The lowest BCUT2D eigenvalue weighted by Crippen LogP contribution is -2.32. The molecule has 322 valence electrons. The van der Waals surface area contributed by atoms with Crippen LogP contribution in [0.1, 0.15) is 75.8 Å². The summed E-state index contributed by atoms with van der Waals surface area (Å²) >= 11 is 2.64. The first-order valence-corrected chi connectivity index (χ1v) is 22.9. The molecule has 4 unspecified atom stereocenters. The molecule has 0 spiro atoms. The maximum Gasteiger partial charge on any atom is 0.202 e. The molecule has 0 bridgehead atoms. The second-order valence-electron chi connectivity index (χ2n) is 17.5. The van der Waals surface area contributed by atoms with Crippen LogP contribution in [-0.2, 0) is 0 Å². The van der Waals surface area contributed by atoms with Gasteiger partial charge in [-0.05, 0) is 88.3 Å². The highest BCUT2D eigenvalue weighted by Gasteiger charge is 2.38. The largest absolute Gasteiger partial charge is 0.506 e. The highest BCUT2D eigenvalue weighted by atomic mass is 32.1. The van der Waals surface area contributed by atoms with Gasteiger partial charge in [0.1, 0.15) is 32.5 Å². The van der Waals surface area contributed by atoms with E-state index in [0.717, 1.165) is 37.7 Å². The van der Waals surface area contributed by atoms with E-state index in [9.17, 15) is 19.8 Å². The van der Waals surface area contributed by atoms with E-state index in [1.54, 1.807) is 5.38 Å². The molecule has 6 heterocycles. The van der Waals surface area contributed by atoms with Gasteiger partial charge in [-0.15, -0.1) is 22.7 Å². The number of hydrogen-bond donors (Lipinski definition) is 4. The van der Waals surface area contributed by atoms with Crippen LogP contribution in [0.25, 0.3) is 47.8 Å². The van der Waals surface area contributed by atoms with Gasteiger partial charge in [0.15, 0.2) is 23.1 Å². The molecule has 16 heteroatoms. The van der Waals surface area contributed by atoms with E-state index in [4.69, 9.17) is 20.9 Å². The fourth-order valence-electron chi connectivity index (χ4n) is 9.99. The first-order valence-electron chi connectivity index (χ1n) is 21.2. The zero-order valence-electron chi connectivity index (χ0n) is 34.6. The Labute approximate surface area is 358 Å². The van der Waals surface area contributed by atoms with E-state index in [2.05, 4.69) is 4.57 Å². The Balaban J connectivity index is 0.959. The first kappa shape index (κ1) is 40.2. The molecule has 4 atom stereocenters. The van der Waals surface area contributed by atoms with Gasteiger partial charge in [0.25, 0.3) is 0 Å². The Kier molecular flexibility index (Phi) is 9.80. The maximum absolute atomic E-state index is 16.2. The monoisotopic (exact) mass is 872 g/mol. The number of allylic oxidation sites excluding steroid dienone is 1. The molecule has 61 heavy (non-hydrogen) atoms. The summed E-state index contributed by atoms with van der Waals surface area (Å²) in [5.41, 5.74) is 14.7. The minimum Gasteiger partial charge on any atom is -0.506 e. The van der Waals surface area contributed by atoms with Gasteiger partial charge in [0.05, 0.1) is 51.7 Å². The van der Waals surface area contributed by atoms with Gasteiger partial charge in [0, 0.05) is 55.7 Å². The number of aromatic nitrogens is 2. The molecule has 2 saturated carbocycles. The zero-order chi connectivity index (χ0) is 42.8. The van der Waals surface area contributed by atoms with Gasteiger partial charge >= 0.3 is 0 Å². The molecule has 2 aromatic carbocycles. The smallest absolute Gasteiger partial charge is 0.202 e. The third kappa shape index (κ3) is 6.29. The summed E-state index contributed by atoms with van der Waals surface area (Å²) in [7, 11) is 3.01. The van der Waals surface area contributed by atoms with Crippen LogP contribution in [0.5, 0.6) is 23.0 Å². The van der Waals surface area contributed by atoms with Crippen LogP contribution in [0.15, 0.2) is 33.2 Å². The third-order valence-corrected chi connectivity index (χ3v) is 15.8. The molecule has 4 aliphatic rings. The summed E-state index contributed by atoms with van der Waals surface area (Å²) in [6.45, 7) is 6.07. The van der Waals surface area contributed by atoms with Crippen molar-refractivity contribution in [1.29, 1.82) is 0 Å². The van der Waals surface area contributed by atoms with Crippen LogP contribution in [0, 0.1) is 23.5 Å². The minimum absolute atomic E-state index is 0.00622. The van der Waals surface area contributed by atoms with Gasteiger partial charge < -0.3 is 50.1 Å². The number of methoxy groups -OCH3 is 2. The number of nitrogens with zero attached hydrogens (tertiary/aromatic N) is 4. The quantitative estimate of drug-likeness (QED) is 0.101. The molecular formula is C45H50F2N6O6S2. The SMILES string of the molecule is COc1c(N2CCC(C(N)CC=C(C)c3sc4c(c3O)c(=O)c3cc(F)c(N5CCC(C(C)N)C5)c(OC)c3n4C3CC3)C2)c(F)cc2c(=O)c3c(O)csc3n(C3CC3)c12. The number of thiophene rings is 2. The van der Waals surface area contributed by atoms with Crippen molar-refractivity contribution in [2.24, 2.45) is 23.3 Å². The predicted octanol–water partition coefficient (Wildman–Crippen LogP) is 7.94. The molecule has 2 aliphatic carbocycles. The summed E-state index contributed by atoms with van der Waals surface area (Å²) in [6.07, 6.45) is 7.57. The Bertz CT molecular complexity index is 2950. The molecule has 2 saturated heterocycles. The van der Waals surface area contributed by atoms with E-state index < -0.39 is 22.5 Å². The van der Waals surface area contributed by atoms with Crippen LogP contribution in [0.3, 0.4) is 0 Å². The number of nitrogens with two attached hydrogens (primary N) is 2. The molecule has 0 radical (unpaired) electrons. The van der Waals surface area contributed by atoms with Gasteiger partial charge in [-0.1, -0.05) is 6.08 Å². The average Bonchev–Trinajstić information content (AvgIpc) is 4.06. The highest BCUT2D eigenvalue weighted by molar-refractivity contribution is 7.20. The second kappa shape index (κ2) is 14.9. The molecule has 6 aromatic rings. The summed E-state index contributed by atoms with van der Waals surface area (Å²) in [6, 6.07) is 2.43. The van der Waals surface area contributed by atoms with Crippen molar-refractivity contribution in [1.82, 2.24) is 9.13 Å². The molecule has 10 rings (SSSR count). The van der Waals surface area contributed by atoms with Crippen molar-refractivity contribution in [2.75, 3.05) is 50.2 Å². The Morgan fingerprint density at radius 3 is 1.89 bits per heavy atom. The Morgan fingerprint density at radius 2 is 1.36 bits per heavy atom. The molecule has 4 aromatic heterocycles. The van der Waals surface area contributed by atoms with Crippen LogP contribution in [-0.4, -0.2) is 71.8 Å². The van der Waals surface area contributed by atoms with Crippen LogP contribution < -0.4 is 41.6 Å². The number of benzene rings is 2. The van der Waals surface area contributed by atoms with Crippen LogP contribution in [0.4, 0.5) is 20.2 Å². The zero-order valence-corrected chi connectivity index (χ0v) is 36.2. The van der Waals surface area contributed by atoms with Crippen molar-refractivity contribution >= 4 is 81.9 Å². The van der Waals surface area contributed by atoms with Crippen LogP contribution >= 0.6 is 22.7 Å². The van der Waals surface area contributed by atoms with Crippen molar-refractivity contribution in [3.8, 4) is 23.0 Å². The molecular weight excluding hydrogens is 823 g/mol. The predicted molar refractivity (Wildman–Crippen MR) is 241 cm³/mol. The number of aromatic hydroxyl groups is 2. The van der Waals surface area contributed by atoms with Crippen LogP contribution in [0.2, 0.25) is 0 Å². The van der Waals surface area contributed by atoms with E-state index in [1.165, 1.54) is 49.0 Å². The highest BCUT2D eigenvalue weighted by Crippen LogP contribution is 2.51. The van der Waals surface area contributed by atoms with Crippen molar-refractivity contribution in [2.45, 2.75) is 83.0 Å². The van der Waals surface area contributed by atoms with Crippen molar-refractivity contribution in [3.05, 3.63) is 60.5 Å². The summed E-state index contributed by atoms with van der Waals surface area (Å²) < 4.78 is 48.4. The molecule has 6 N–H and O–H groups in total. The van der Waals surface area contributed by atoms with E-state index in [0.29, 0.717) is 87.5 Å². The molecule has 2 aliphatic heterocycles. The number of fused-ring (bicyclic) bond motifs is 4. The normalized spacial score (nSPS) is 20.9. The van der Waals surface area contributed by atoms with Gasteiger partial charge in [-0.2, -0.15) is 0 Å². The van der Waals surface area contributed by atoms with Crippen molar-refractivity contribution in [3.63, 3.8) is 0 Å². The Morgan fingerprint density at radius 1 is 0.836 bits per heavy atom. The second-order valence-corrected chi connectivity index (χ2v) is 19.4.